The molecule has 0 aromatic rings. The summed E-state index contributed by atoms with van der Waals surface area (Å²) in [5.74, 6) is -1.16. The van der Waals surface area contributed by atoms with E-state index in [1.807, 2.05) is 18.2 Å². The Labute approximate surface area is 487 Å². The summed E-state index contributed by atoms with van der Waals surface area (Å²) in [5, 5.41) is 0. The number of rotatable bonds is 57. The number of hydrogen-bond acceptors (Lipinski definition) is 6. The van der Waals surface area contributed by atoms with Crippen molar-refractivity contribution in [3.05, 3.63) is 146 Å². The molecule has 6 heteroatoms. The molecule has 0 aromatic carbocycles. The minimum absolute atomic E-state index is 0.106. The Morgan fingerprint density at radius 3 is 0.937 bits per heavy atom. The van der Waals surface area contributed by atoms with Crippen LogP contribution in [-0.4, -0.2) is 37.2 Å². The molecule has 0 rings (SSSR count). The number of ether oxygens (including phenoxy) is 3. The molecule has 79 heavy (non-hydrogen) atoms. The molecule has 1 unspecified atom stereocenters. The summed E-state index contributed by atoms with van der Waals surface area (Å²) in [6.45, 7) is 6.27. The first-order valence-electron chi connectivity index (χ1n) is 32.3. The SMILES string of the molecule is CC/C=C\C/C=C\C/C=C\C/C=C\C/C=C\C/C=C\CCC(=O)OC(COC(=O)C/C=C\C/C=C\C/C=C\C/C=C\C/C=C\CC)COC(=O)CCCCCCCCCCCCCCCCC/C=C\CCCCCCCCCC. The molecule has 0 bridgehead atoms. The number of allylic oxidation sites excluding steroid dienone is 23. The van der Waals surface area contributed by atoms with Gasteiger partial charge >= 0.3 is 17.9 Å². The minimum Gasteiger partial charge on any atom is -0.462 e. The van der Waals surface area contributed by atoms with Crippen LogP contribution in [0.15, 0.2) is 146 Å². The Bertz CT molecular complexity index is 1730. The maximum Gasteiger partial charge on any atom is 0.309 e. The van der Waals surface area contributed by atoms with Crippen molar-refractivity contribution in [2.45, 2.75) is 284 Å². The van der Waals surface area contributed by atoms with Crippen LogP contribution in [0, 0.1) is 0 Å². The molecule has 0 aliphatic carbocycles. The third-order valence-electron chi connectivity index (χ3n) is 13.4. The lowest BCUT2D eigenvalue weighted by Gasteiger charge is -2.18. The van der Waals surface area contributed by atoms with Gasteiger partial charge < -0.3 is 14.2 Å². The van der Waals surface area contributed by atoms with Crippen molar-refractivity contribution in [2.24, 2.45) is 0 Å². The van der Waals surface area contributed by atoms with Crippen molar-refractivity contribution in [3.8, 4) is 0 Å². The maximum atomic E-state index is 12.9. The van der Waals surface area contributed by atoms with Gasteiger partial charge in [-0.15, -0.1) is 0 Å². The zero-order valence-corrected chi connectivity index (χ0v) is 51.1. The first-order chi connectivity index (χ1) is 39.0. The van der Waals surface area contributed by atoms with E-state index in [4.69, 9.17) is 14.2 Å². The van der Waals surface area contributed by atoms with E-state index in [1.165, 1.54) is 141 Å². The van der Waals surface area contributed by atoms with Crippen LogP contribution in [0.3, 0.4) is 0 Å². The lowest BCUT2D eigenvalue weighted by atomic mass is 10.0. The summed E-state index contributed by atoms with van der Waals surface area (Å²) in [6.07, 6.45) is 94.8. The Kier molecular flexibility index (Phi) is 61.9. The third-order valence-corrected chi connectivity index (χ3v) is 13.4. The molecule has 0 spiro atoms. The van der Waals surface area contributed by atoms with E-state index in [1.54, 1.807) is 6.08 Å². The fourth-order valence-electron chi connectivity index (χ4n) is 8.60. The molecule has 0 radical (unpaired) electrons. The van der Waals surface area contributed by atoms with Gasteiger partial charge in [0.25, 0.3) is 0 Å². The second-order valence-electron chi connectivity index (χ2n) is 20.9. The molecule has 0 N–H and O–H groups in total. The van der Waals surface area contributed by atoms with E-state index in [2.05, 4.69) is 142 Å². The van der Waals surface area contributed by atoms with Gasteiger partial charge in [0.05, 0.1) is 6.42 Å². The van der Waals surface area contributed by atoms with Gasteiger partial charge in [-0.25, -0.2) is 0 Å². The molecule has 0 heterocycles. The monoisotopic (exact) mass is 1090 g/mol. The Morgan fingerprint density at radius 2 is 0.570 bits per heavy atom. The standard InChI is InChI=1S/C73H118O6/c1-4-7-10-13-16-19-22-25-28-30-32-33-34-35-36-37-38-39-41-42-45-48-51-54-57-60-63-66-72(75)78-69-70(68-77-71(74)65-62-59-56-53-50-47-44-27-24-21-18-15-12-9-6-3)79-73(76)67-64-61-58-55-52-49-46-43-40-31-29-26-23-20-17-14-11-8-5-2/h8-9,11-12,17-18,20-21,26-27,29-30,32,40,43-44,49-50,52-53,58-59,61-62,70H,4-7,10,13-16,19,22-25,28,31,33-39,41-42,45-48,51,54-57,60,63-69H2,1-3H3/b11-8-,12-9-,20-17-,21-18-,29-26-,32-30-,43-40-,44-27-,52-49-,53-50-,61-58-,62-59-. The first kappa shape index (κ1) is 74.3. The summed E-state index contributed by atoms with van der Waals surface area (Å²) in [6, 6.07) is 0. The predicted molar refractivity (Wildman–Crippen MR) is 343 cm³/mol. The molecular weight excluding hydrogens is 973 g/mol. The van der Waals surface area contributed by atoms with Crippen LogP contribution in [0.1, 0.15) is 278 Å². The average Bonchev–Trinajstić information content (AvgIpc) is 3.45. The molecule has 0 aromatic heterocycles. The van der Waals surface area contributed by atoms with Crippen molar-refractivity contribution in [1.29, 1.82) is 0 Å². The molecular formula is C73H118O6. The van der Waals surface area contributed by atoms with Gasteiger partial charge in [0.15, 0.2) is 6.10 Å². The highest BCUT2D eigenvalue weighted by atomic mass is 16.6. The van der Waals surface area contributed by atoms with Gasteiger partial charge in [-0.1, -0.05) is 295 Å². The molecule has 6 nitrogen and oxygen atoms in total. The zero-order chi connectivity index (χ0) is 57.1. The quantitative estimate of drug-likeness (QED) is 0.0261. The van der Waals surface area contributed by atoms with E-state index in [0.29, 0.717) is 12.8 Å². The highest BCUT2D eigenvalue weighted by Crippen LogP contribution is 2.16. The van der Waals surface area contributed by atoms with Crippen LogP contribution >= 0.6 is 0 Å². The maximum absolute atomic E-state index is 12.9. The number of unbranched alkanes of at least 4 members (excludes halogenated alkanes) is 23. The average molecular weight is 1090 g/mol. The molecule has 0 amide bonds. The van der Waals surface area contributed by atoms with Crippen molar-refractivity contribution < 1.29 is 28.6 Å². The fourth-order valence-corrected chi connectivity index (χ4v) is 8.60. The molecule has 0 aliphatic rings. The van der Waals surface area contributed by atoms with Gasteiger partial charge in [0.2, 0.25) is 0 Å². The van der Waals surface area contributed by atoms with Crippen molar-refractivity contribution in [3.63, 3.8) is 0 Å². The van der Waals surface area contributed by atoms with Crippen LogP contribution in [0.4, 0.5) is 0 Å². The Morgan fingerprint density at radius 1 is 0.278 bits per heavy atom. The van der Waals surface area contributed by atoms with Crippen LogP contribution in [0.5, 0.6) is 0 Å². The highest BCUT2D eigenvalue weighted by molar-refractivity contribution is 5.72. The van der Waals surface area contributed by atoms with E-state index >= 15 is 0 Å². The lowest BCUT2D eigenvalue weighted by molar-refractivity contribution is -0.166. The van der Waals surface area contributed by atoms with E-state index in [-0.39, 0.29) is 32.0 Å². The lowest BCUT2D eigenvalue weighted by Crippen LogP contribution is -2.30. The number of carbonyl (C=O) groups excluding carboxylic acids is 3. The van der Waals surface area contributed by atoms with Crippen LogP contribution in [-0.2, 0) is 28.6 Å². The second-order valence-corrected chi connectivity index (χ2v) is 20.9. The van der Waals surface area contributed by atoms with Crippen molar-refractivity contribution in [2.75, 3.05) is 13.2 Å². The number of hydrogen-bond donors (Lipinski definition) is 0. The van der Waals surface area contributed by atoms with Crippen molar-refractivity contribution >= 4 is 17.9 Å². The van der Waals surface area contributed by atoms with Gasteiger partial charge in [0.1, 0.15) is 13.2 Å². The number of esters is 3. The molecule has 0 aliphatic heterocycles. The van der Waals surface area contributed by atoms with E-state index in [9.17, 15) is 14.4 Å². The first-order valence-corrected chi connectivity index (χ1v) is 32.3. The number of carbonyl (C=O) groups is 3. The van der Waals surface area contributed by atoms with Gasteiger partial charge in [0, 0.05) is 12.8 Å². The molecule has 0 saturated carbocycles. The van der Waals surface area contributed by atoms with Gasteiger partial charge in [-0.3, -0.25) is 14.4 Å². The van der Waals surface area contributed by atoms with E-state index in [0.717, 1.165) is 89.9 Å². The second kappa shape index (κ2) is 65.8. The third kappa shape index (κ3) is 64.0. The summed E-state index contributed by atoms with van der Waals surface area (Å²) < 4.78 is 16.7. The fraction of sp³-hybridized carbons (Fsp3) is 0.630. The normalized spacial score (nSPS) is 13.1. The summed E-state index contributed by atoms with van der Waals surface area (Å²) in [5.41, 5.74) is 0. The molecule has 0 saturated heterocycles. The molecule has 1 atom stereocenters. The Balaban J connectivity index is 4.46. The summed E-state index contributed by atoms with van der Waals surface area (Å²) in [7, 11) is 0. The van der Waals surface area contributed by atoms with Crippen LogP contribution in [0.25, 0.3) is 0 Å². The summed E-state index contributed by atoms with van der Waals surface area (Å²) in [4.78, 5) is 38.2. The van der Waals surface area contributed by atoms with Crippen LogP contribution < -0.4 is 0 Å². The molecule has 446 valence electrons. The Hall–Kier alpha value is -4.71. The summed E-state index contributed by atoms with van der Waals surface area (Å²) >= 11 is 0. The molecule has 0 fully saturated rings. The predicted octanol–water partition coefficient (Wildman–Crippen LogP) is 22.3. The van der Waals surface area contributed by atoms with Gasteiger partial charge in [-0.2, -0.15) is 0 Å². The van der Waals surface area contributed by atoms with Gasteiger partial charge in [-0.05, 0) is 109 Å². The minimum atomic E-state index is -0.865. The smallest absolute Gasteiger partial charge is 0.309 e. The topological polar surface area (TPSA) is 78.9 Å². The van der Waals surface area contributed by atoms with E-state index < -0.39 is 18.0 Å². The zero-order valence-electron chi connectivity index (χ0n) is 51.1. The highest BCUT2D eigenvalue weighted by Gasteiger charge is 2.19. The van der Waals surface area contributed by atoms with Crippen molar-refractivity contribution in [1.82, 2.24) is 0 Å². The largest absolute Gasteiger partial charge is 0.462 e. The van der Waals surface area contributed by atoms with Crippen LogP contribution in [0.2, 0.25) is 0 Å².